The van der Waals surface area contributed by atoms with Crippen LogP contribution in [0.5, 0.6) is 0 Å². The molecular formula is C23H23N5. The van der Waals surface area contributed by atoms with E-state index in [0.717, 1.165) is 36.9 Å². The van der Waals surface area contributed by atoms with Gasteiger partial charge in [0.1, 0.15) is 5.82 Å². The first-order valence-electron chi connectivity index (χ1n) is 9.69. The molecule has 0 saturated carbocycles. The third-order valence-electron chi connectivity index (χ3n) is 5.22. The monoisotopic (exact) mass is 369 g/mol. The van der Waals surface area contributed by atoms with Crippen LogP contribution >= 0.6 is 0 Å². The number of hydrogen-bond acceptors (Lipinski definition) is 5. The highest BCUT2D eigenvalue weighted by molar-refractivity contribution is 5.56. The molecule has 1 saturated heterocycles. The van der Waals surface area contributed by atoms with Crippen LogP contribution in [0.1, 0.15) is 24.0 Å². The average molecular weight is 369 g/mol. The topological polar surface area (TPSA) is 64.8 Å². The van der Waals surface area contributed by atoms with Crippen molar-refractivity contribution in [3.63, 3.8) is 0 Å². The second kappa shape index (κ2) is 8.53. The molecule has 5 nitrogen and oxygen atoms in total. The van der Waals surface area contributed by atoms with Crippen molar-refractivity contribution in [2.75, 3.05) is 23.3 Å². The molecule has 140 valence electrons. The number of nitrogens with zero attached hydrogens (tertiary/aromatic N) is 4. The highest BCUT2D eigenvalue weighted by atomic mass is 15.2. The smallest absolute Gasteiger partial charge is 0.229 e. The predicted octanol–water partition coefficient (Wildman–Crippen LogP) is 4.55. The molecule has 1 aliphatic heterocycles. The fourth-order valence-corrected chi connectivity index (χ4v) is 3.66. The van der Waals surface area contributed by atoms with E-state index >= 15 is 0 Å². The molecule has 0 bridgehead atoms. The Morgan fingerprint density at radius 3 is 2.46 bits per heavy atom. The molecule has 0 atom stereocenters. The molecule has 0 amide bonds. The van der Waals surface area contributed by atoms with Crippen LogP contribution in [-0.4, -0.2) is 23.1 Å². The standard InChI is InChI=1S/C23H23N5/c24-17-20-6-8-21(9-7-20)26-23-25-13-10-22(27-23)28-14-11-19(12-15-28)16-18-4-2-1-3-5-18/h1-10,13,19H,11-12,14-16H2,(H,25,26,27). The molecule has 2 heterocycles. The van der Waals surface area contributed by atoms with Crippen LogP contribution < -0.4 is 10.2 Å². The molecule has 1 N–H and O–H groups in total. The summed E-state index contributed by atoms with van der Waals surface area (Å²) in [6.45, 7) is 2.04. The minimum atomic E-state index is 0.577. The van der Waals surface area contributed by atoms with Crippen LogP contribution in [0.3, 0.4) is 0 Å². The van der Waals surface area contributed by atoms with Gasteiger partial charge in [-0.3, -0.25) is 0 Å². The first kappa shape index (κ1) is 18.0. The van der Waals surface area contributed by atoms with Crippen molar-refractivity contribution in [2.45, 2.75) is 19.3 Å². The minimum Gasteiger partial charge on any atom is -0.356 e. The van der Waals surface area contributed by atoms with Gasteiger partial charge in [-0.15, -0.1) is 0 Å². The largest absolute Gasteiger partial charge is 0.356 e. The summed E-state index contributed by atoms with van der Waals surface area (Å²) in [5.41, 5.74) is 2.94. The number of aromatic nitrogens is 2. The zero-order valence-electron chi connectivity index (χ0n) is 15.8. The van der Waals surface area contributed by atoms with E-state index in [0.29, 0.717) is 11.5 Å². The Hall–Kier alpha value is -3.39. The van der Waals surface area contributed by atoms with Gasteiger partial charge in [-0.05, 0) is 61.1 Å². The Morgan fingerprint density at radius 2 is 1.75 bits per heavy atom. The number of nitriles is 1. The van der Waals surface area contributed by atoms with Crippen molar-refractivity contribution >= 4 is 17.5 Å². The molecular weight excluding hydrogens is 346 g/mol. The summed E-state index contributed by atoms with van der Waals surface area (Å²) in [5.74, 6) is 2.27. The zero-order valence-corrected chi connectivity index (χ0v) is 15.8. The second-order valence-electron chi connectivity index (χ2n) is 7.17. The van der Waals surface area contributed by atoms with E-state index in [4.69, 9.17) is 5.26 Å². The lowest BCUT2D eigenvalue weighted by atomic mass is 9.90. The van der Waals surface area contributed by atoms with Crippen molar-refractivity contribution < 1.29 is 0 Å². The zero-order chi connectivity index (χ0) is 19.2. The van der Waals surface area contributed by atoms with E-state index < -0.39 is 0 Å². The van der Waals surface area contributed by atoms with Gasteiger partial charge in [0, 0.05) is 25.0 Å². The van der Waals surface area contributed by atoms with Gasteiger partial charge in [0.05, 0.1) is 11.6 Å². The summed E-state index contributed by atoms with van der Waals surface area (Å²) in [7, 11) is 0. The normalized spacial score (nSPS) is 14.5. The minimum absolute atomic E-state index is 0.577. The molecule has 1 fully saturated rings. The Kier molecular flexibility index (Phi) is 5.48. The van der Waals surface area contributed by atoms with Crippen molar-refractivity contribution in [1.82, 2.24) is 9.97 Å². The fourth-order valence-electron chi connectivity index (χ4n) is 3.66. The SMILES string of the molecule is N#Cc1ccc(Nc2nccc(N3CCC(Cc4ccccc4)CC3)n2)cc1. The van der Waals surface area contributed by atoms with Crippen LogP contribution in [0, 0.1) is 17.2 Å². The predicted molar refractivity (Wildman–Crippen MR) is 112 cm³/mol. The molecule has 4 rings (SSSR count). The molecule has 2 aromatic carbocycles. The maximum Gasteiger partial charge on any atom is 0.229 e. The lowest BCUT2D eigenvalue weighted by Gasteiger charge is -2.33. The van der Waals surface area contributed by atoms with Gasteiger partial charge in [0.25, 0.3) is 0 Å². The van der Waals surface area contributed by atoms with Crippen molar-refractivity contribution in [2.24, 2.45) is 5.92 Å². The van der Waals surface area contributed by atoms with Gasteiger partial charge in [0.15, 0.2) is 0 Å². The lowest BCUT2D eigenvalue weighted by Crippen LogP contribution is -2.35. The van der Waals surface area contributed by atoms with E-state index in [9.17, 15) is 0 Å². The Labute approximate surface area is 165 Å². The molecule has 28 heavy (non-hydrogen) atoms. The maximum absolute atomic E-state index is 8.90. The van der Waals surface area contributed by atoms with E-state index in [1.165, 1.54) is 18.4 Å². The van der Waals surface area contributed by atoms with Gasteiger partial charge in [-0.2, -0.15) is 10.2 Å². The summed E-state index contributed by atoms with van der Waals surface area (Å²) >= 11 is 0. The summed E-state index contributed by atoms with van der Waals surface area (Å²) in [5, 5.41) is 12.1. The van der Waals surface area contributed by atoms with Crippen LogP contribution in [0.15, 0.2) is 66.9 Å². The fraction of sp³-hybridized carbons (Fsp3) is 0.261. The van der Waals surface area contributed by atoms with Gasteiger partial charge in [-0.25, -0.2) is 4.98 Å². The van der Waals surface area contributed by atoms with E-state index in [1.807, 2.05) is 18.2 Å². The highest BCUT2D eigenvalue weighted by Gasteiger charge is 2.20. The first-order valence-corrected chi connectivity index (χ1v) is 9.69. The van der Waals surface area contributed by atoms with Crippen molar-refractivity contribution in [1.29, 1.82) is 5.26 Å². The number of piperidine rings is 1. The molecule has 0 unspecified atom stereocenters. The number of nitrogens with one attached hydrogen (secondary N) is 1. The van der Waals surface area contributed by atoms with Gasteiger partial charge >= 0.3 is 0 Å². The van der Waals surface area contributed by atoms with Crippen LogP contribution in [0.4, 0.5) is 17.5 Å². The van der Waals surface area contributed by atoms with Gasteiger partial charge in [0.2, 0.25) is 5.95 Å². The van der Waals surface area contributed by atoms with Crippen LogP contribution in [0.2, 0.25) is 0 Å². The number of hydrogen-bond donors (Lipinski definition) is 1. The number of anilines is 3. The lowest BCUT2D eigenvalue weighted by molar-refractivity contribution is 0.402. The first-order chi connectivity index (χ1) is 13.8. The number of benzene rings is 2. The molecule has 0 aliphatic carbocycles. The quantitative estimate of drug-likeness (QED) is 0.715. The van der Waals surface area contributed by atoms with Crippen molar-refractivity contribution in [3.05, 3.63) is 78.0 Å². The third-order valence-corrected chi connectivity index (χ3v) is 5.22. The average Bonchev–Trinajstić information content (AvgIpc) is 2.76. The van der Waals surface area contributed by atoms with Gasteiger partial charge in [-0.1, -0.05) is 30.3 Å². The Bertz CT molecular complexity index is 939. The van der Waals surface area contributed by atoms with Gasteiger partial charge < -0.3 is 10.2 Å². The maximum atomic E-state index is 8.90. The van der Waals surface area contributed by atoms with Crippen LogP contribution in [0.25, 0.3) is 0 Å². The molecule has 5 heteroatoms. The molecule has 1 aromatic heterocycles. The van der Waals surface area contributed by atoms with Crippen LogP contribution in [-0.2, 0) is 6.42 Å². The third kappa shape index (κ3) is 4.47. The molecule has 0 spiro atoms. The van der Waals surface area contributed by atoms with E-state index in [-0.39, 0.29) is 0 Å². The van der Waals surface area contributed by atoms with E-state index in [2.05, 4.69) is 56.6 Å². The van der Waals surface area contributed by atoms with Crippen molar-refractivity contribution in [3.8, 4) is 6.07 Å². The summed E-state index contributed by atoms with van der Waals surface area (Å²) in [6.07, 6.45) is 5.31. The number of rotatable bonds is 5. The summed E-state index contributed by atoms with van der Waals surface area (Å²) in [6, 6.07) is 22.1. The second-order valence-corrected chi connectivity index (χ2v) is 7.17. The highest BCUT2D eigenvalue weighted by Crippen LogP contribution is 2.25. The Morgan fingerprint density at radius 1 is 1.00 bits per heavy atom. The summed E-state index contributed by atoms with van der Waals surface area (Å²) in [4.78, 5) is 11.4. The summed E-state index contributed by atoms with van der Waals surface area (Å²) < 4.78 is 0. The molecule has 1 aliphatic rings. The molecule has 0 radical (unpaired) electrons. The van der Waals surface area contributed by atoms with E-state index in [1.54, 1.807) is 18.3 Å². The Balaban J connectivity index is 1.36. The molecule has 3 aromatic rings.